The van der Waals surface area contributed by atoms with E-state index in [4.69, 9.17) is 10.2 Å². The summed E-state index contributed by atoms with van der Waals surface area (Å²) < 4.78 is 5.25. The van der Waals surface area contributed by atoms with Crippen LogP contribution in [0.1, 0.15) is 11.3 Å². The van der Waals surface area contributed by atoms with Crippen molar-refractivity contribution in [3.63, 3.8) is 0 Å². The van der Waals surface area contributed by atoms with E-state index in [1.165, 1.54) is 0 Å². The van der Waals surface area contributed by atoms with Gasteiger partial charge in [-0.15, -0.1) is 0 Å². The van der Waals surface area contributed by atoms with Crippen LogP contribution in [-0.2, 0) is 13.1 Å². The van der Waals surface area contributed by atoms with E-state index in [1.54, 1.807) is 18.7 Å². The monoisotopic (exact) mass is 218 g/mol. The molecule has 0 aromatic carbocycles. The lowest BCUT2D eigenvalue weighted by Crippen LogP contribution is -2.18. The van der Waals surface area contributed by atoms with E-state index in [0.29, 0.717) is 19.0 Å². The Hall–Kier alpha value is -1.88. The molecule has 0 aliphatic rings. The van der Waals surface area contributed by atoms with Crippen LogP contribution < -0.4 is 10.6 Å². The molecule has 0 bridgehead atoms. The molecule has 0 saturated carbocycles. The van der Waals surface area contributed by atoms with Gasteiger partial charge in [0, 0.05) is 31.5 Å². The summed E-state index contributed by atoms with van der Waals surface area (Å²) in [6, 6.07) is 3.78. The van der Waals surface area contributed by atoms with Crippen LogP contribution in [0.2, 0.25) is 0 Å². The minimum absolute atomic E-state index is 0.460. The molecule has 0 aliphatic carbocycles. The van der Waals surface area contributed by atoms with Crippen LogP contribution in [0.25, 0.3) is 0 Å². The molecule has 0 atom stereocenters. The van der Waals surface area contributed by atoms with Crippen molar-refractivity contribution >= 4 is 5.95 Å². The summed E-state index contributed by atoms with van der Waals surface area (Å²) in [5.74, 6) is 1.54. The van der Waals surface area contributed by atoms with Crippen LogP contribution in [0.15, 0.2) is 35.2 Å². The highest BCUT2D eigenvalue weighted by Gasteiger charge is 2.06. The van der Waals surface area contributed by atoms with Crippen molar-refractivity contribution in [2.45, 2.75) is 13.1 Å². The lowest BCUT2D eigenvalue weighted by molar-refractivity contribution is 0.506. The Morgan fingerprint density at radius 3 is 2.69 bits per heavy atom. The van der Waals surface area contributed by atoms with Crippen molar-refractivity contribution in [3.8, 4) is 0 Å². The maximum absolute atomic E-state index is 5.48. The SMILES string of the molecule is CN(Cc1ccco1)c1ncc(CN)cn1. The zero-order valence-corrected chi connectivity index (χ0v) is 9.13. The molecule has 2 aromatic rings. The van der Waals surface area contributed by atoms with Gasteiger partial charge in [0.1, 0.15) is 5.76 Å². The van der Waals surface area contributed by atoms with E-state index in [1.807, 2.05) is 24.1 Å². The zero-order valence-electron chi connectivity index (χ0n) is 9.13. The molecule has 2 aromatic heterocycles. The van der Waals surface area contributed by atoms with Crippen LogP contribution in [0.4, 0.5) is 5.95 Å². The number of furan rings is 1. The number of nitrogens with two attached hydrogens (primary N) is 1. The van der Waals surface area contributed by atoms with Crippen molar-refractivity contribution in [1.82, 2.24) is 9.97 Å². The molecular formula is C11H14N4O. The van der Waals surface area contributed by atoms with Gasteiger partial charge >= 0.3 is 0 Å². The molecule has 2 rings (SSSR count). The van der Waals surface area contributed by atoms with Crippen LogP contribution in [-0.4, -0.2) is 17.0 Å². The topological polar surface area (TPSA) is 68.2 Å². The van der Waals surface area contributed by atoms with Crippen molar-refractivity contribution in [1.29, 1.82) is 0 Å². The number of nitrogens with zero attached hydrogens (tertiary/aromatic N) is 3. The van der Waals surface area contributed by atoms with E-state index >= 15 is 0 Å². The second kappa shape index (κ2) is 4.76. The quantitative estimate of drug-likeness (QED) is 0.834. The Bertz CT molecular complexity index is 424. The van der Waals surface area contributed by atoms with Crippen LogP contribution >= 0.6 is 0 Å². The number of rotatable bonds is 4. The highest BCUT2D eigenvalue weighted by atomic mass is 16.3. The van der Waals surface area contributed by atoms with E-state index in [-0.39, 0.29) is 0 Å². The van der Waals surface area contributed by atoms with Gasteiger partial charge in [-0.1, -0.05) is 0 Å². The van der Waals surface area contributed by atoms with Crippen LogP contribution in [0.3, 0.4) is 0 Å². The van der Waals surface area contributed by atoms with Gasteiger partial charge in [-0.25, -0.2) is 9.97 Å². The molecule has 5 heteroatoms. The molecule has 5 nitrogen and oxygen atoms in total. The summed E-state index contributed by atoms with van der Waals surface area (Å²) in [7, 11) is 1.92. The predicted octanol–water partition coefficient (Wildman–Crippen LogP) is 1.16. The van der Waals surface area contributed by atoms with Crippen molar-refractivity contribution < 1.29 is 4.42 Å². The number of hydrogen-bond donors (Lipinski definition) is 1. The van der Waals surface area contributed by atoms with Crippen molar-refractivity contribution in [2.75, 3.05) is 11.9 Å². The molecule has 0 unspecified atom stereocenters. The number of aromatic nitrogens is 2. The molecule has 84 valence electrons. The first-order valence-electron chi connectivity index (χ1n) is 5.04. The van der Waals surface area contributed by atoms with Gasteiger partial charge < -0.3 is 15.1 Å². The normalized spacial score (nSPS) is 10.4. The van der Waals surface area contributed by atoms with E-state index in [0.717, 1.165) is 11.3 Å². The summed E-state index contributed by atoms with van der Waals surface area (Å²) in [5.41, 5.74) is 6.40. The second-order valence-electron chi connectivity index (χ2n) is 3.53. The van der Waals surface area contributed by atoms with Gasteiger partial charge in [0.25, 0.3) is 0 Å². The van der Waals surface area contributed by atoms with Gasteiger partial charge in [-0.2, -0.15) is 0 Å². The number of hydrogen-bond acceptors (Lipinski definition) is 5. The third-order valence-corrected chi connectivity index (χ3v) is 2.24. The number of anilines is 1. The second-order valence-corrected chi connectivity index (χ2v) is 3.53. The Labute approximate surface area is 93.9 Å². The summed E-state index contributed by atoms with van der Waals surface area (Å²) >= 11 is 0. The Morgan fingerprint density at radius 2 is 2.12 bits per heavy atom. The lowest BCUT2D eigenvalue weighted by atomic mass is 10.3. The molecule has 0 saturated heterocycles. The average molecular weight is 218 g/mol. The fourth-order valence-electron chi connectivity index (χ4n) is 1.36. The summed E-state index contributed by atoms with van der Waals surface area (Å²) in [5, 5.41) is 0. The van der Waals surface area contributed by atoms with E-state index in [9.17, 15) is 0 Å². The fourth-order valence-corrected chi connectivity index (χ4v) is 1.36. The fraction of sp³-hybridized carbons (Fsp3) is 0.273. The Kier molecular flexibility index (Phi) is 3.16. The minimum atomic E-state index is 0.460. The molecule has 0 radical (unpaired) electrons. The molecule has 2 heterocycles. The molecular weight excluding hydrogens is 204 g/mol. The average Bonchev–Trinajstić information content (AvgIpc) is 2.82. The van der Waals surface area contributed by atoms with E-state index < -0.39 is 0 Å². The molecule has 0 spiro atoms. The smallest absolute Gasteiger partial charge is 0.225 e. The third kappa shape index (κ3) is 2.38. The highest BCUT2D eigenvalue weighted by molar-refractivity contribution is 5.29. The van der Waals surface area contributed by atoms with Crippen LogP contribution in [0.5, 0.6) is 0 Å². The van der Waals surface area contributed by atoms with Gasteiger partial charge in [0.2, 0.25) is 5.95 Å². The third-order valence-electron chi connectivity index (χ3n) is 2.24. The van der Waals surface area contributed by atoms with Crippen molar-refractivity contribution in [2.24, 2.45) is 5.73 Å². The minimum Gasteiger partial charge on any atom is -0.467 e. The van der Waals surface area contributed by atoms with Crippen molar-refractivity contribution in [3.05, 3.63) is 42.1 Å². The molecule has 0 amide bonds. The Balaban J connectivity index is 2.05. The van der Waals surface area contributed by atoms with Crippen LogP contribution in [0, 0.1) is 0 Å². The first-order chi connectivity index (χ1) is 7.79. The Morgan fingerprint density at radius 1 is 1.38 bits per heavy atom. The van der Waals surface area contributed by atoms with Gasteiger partial charge in [-0.3, -0.25) is 0 Å². The lowest BCUT2D eigenvalue weighted by Gasteiger charge is -2.15. The highest BCUT2D eigenvalue weighted by Crippen LogP contribution is 2.10. The maximum atomic E-state index is 5.48. The first kappa shape index (κ1) is 10.6. The largest absolute Gasteiger partial charge is 0.467 e. The summed E-state index contributed by atoms with van der Waals surface area (Å²) in [6.45, 7) is 1.11. The van der Waals surface area contributed by atoms with Gasteiger partial charge in [-0.05, 0) is 12.1 Å². The molecule has 16 heavy (non-hydrogen) atoms. The zero-order chi connectivity index (χ0) is 11.4. The van der Waals surface area contributed by atoms with Gasteiger partial charge in [0.15, 0.2) is 0 Å². The molecule has 0 fully saturated rings. The van der Waals surface area contributed by atoms with Gasteiger partial charge in [0.05, 0.1) is 12.8 Å². The standard InChI is InChI=1S/C11H14N4O/c1-15(8-10-3-2-4-16-10)11-13-6-9(5-12)7-14-11/h2-4,6-7H,5,8,12H2,1H3. The molecule has 2 N–H and O–H groups in total. The molecule has 0 aliphatic heterocycles. The summed E-state index contributed by atoms with van der Waals surface area (Å²) in [4.78, 5) is 10.4. The maximum Gasteiger partial charge on any atom is 0.225 e. The van der Waals surface area contributed by atoms with E-state index in [2.05, 4.69) is 9.97 Å². The predicted molar refractivity (Wildman–Crippen MR) is 60.7 cm³/mol. The summed E-state index contributed by atoms with van der Waals surface area (Å²) in [6.07, 6.45) is 5.13. The first-order valence-corrected chi connectivity index (χ1v) is 5.04.